The van der Waals surface area contributed by atoms with Crippen molar-refractivity contribution in [3.63, 3.8) is 0 Å². The first-order chi connectivity index (χ1) is 33.9. The molecule has 2 saturated heterocycles. The average Bonchev–Trinajstić information content (AvgIpc) is 3.91. The molecule has 2 heterocycles. The zero-order valence-electron chi connectivity index (χ0n) is 39.3. The fourth-order valence-corrected chi connectivity index (χ4v) is 7.92. The number of thioether (sulfide) groups is 1. The van der Waals surface area contributed by atoms with Gasteiger partial charge in [-0.1, -0.05) is 6.42 Å². The maximum absolute atomic E-state index is 12.4. The summed E-state index contributed by atoms with van der Waals surface area (Å²) < 4.78 is 0. The standard InChI is InChI=1S/C40H67N15O15S/c1-41-11-28(59)44-13-31(62)48-18-35(66)52-23(20-56)39(69)51-17-34(65)47-15-32(63)49-19-36(67)53-24(21-57)38(68)50-16-33(64)46-14-30(61)45-12-29(60)43-10-6-2-5-9-42-27(58)8-4-3-7-26-37-25(22-71-26)54-40(70)55-37/h23-26,37,41,56-57H,2-22H2,1H3,(H,42,58)(H,43,60)(H,44,59)(H,45,61)(H,46,64)(H,47,65)(H,48,62)(H,49,63)(H,50,68)(H,51,69)(H,52,66)(H,53,67)(H2,54,55,70)/t23?,24?,25-,26-,37?/m0/s1. The smallest absolute Gasteiger partial charge is 0.315 e. The van der Waals surface area contributed by atoms with E-state index >= 15 is 0 Å². The third-order valence-electron chi connectivity index (χ3n) is 10.1. The highest BCUT2D eigenvalue weighted by atomic mass is 32.2. The minimum absolute atomic E-state index is 0.0177. The highest BCUT2D eigenvalue weighted by Gasteiger charge is 2.42. The molecule has 3 unspecified atom stereocenters. The summed E-state index contributed by atoms with van der Waals surface area (Å²) in [6.45, 7) is -5.57. The maximum Gasteiger partial charge on any atom is 0.315 e. The Morgan fingerprint density at radius 2 is 0.887 bits per heavy atom. The third kappa shape index (κ3) is 26.6. The number of aliphatic hydroxyl groups excluding tert-OH is 2. The molecule has 0 bridgehead atoms. The molecule has 0 aromatic carbocycles. The van der Waals surface area contributed by atoms with E-state index < -0.39 is 136 Å². The van der Waals surface area contributed by atoms with Crippen LogP contribution < -0.4 is 79.8 Å². The van der Waals surface area contributed by atoms with E-state index in [-0.39, 0.29) is 37.1 Å². The molecule has 0 spiro atoms. The Kier molecular flexibility index (Phi) is 29.2. The van der Waals surface area contributed by atoms with Gasteiger partial charge in [0.2, 0.25) is 70.9 Å². The van der Waals surface area contributed by atoms with E-state index in [9.17, 15) is 72.5 Å². The summed E-state index contributed by atoms with van der Waals surface area (Å²) in [5.74, 6) is -7.79. The molecule has 2 aliphatic rings. The number of hydrogen-bond acceptors (Lipinski definition) is 17. The van der Waals surface area contributed by atoms with E-state index in [1.165, 1.54) is 7.05 Å². The number of rotatable bonds is 35. The first-order valence-electron chi connectivity index (χ1n) is 22.8. The van der Waals surface area contributed by atoms with Crippen LogP contribution in [0.15, 0.2) is 0 Å². The minimum atomic E-state index is -1.55. The van der Waals surface area contributed by atoms with E-state index in [0.717, 1.165) is 37.9 Å². The van der Waals surface area contributed by atoms with Crippen LogP contribution in [0.3, 0.4) is 0 Å². The minimum Gasteiger partial charge on any atom is -0.394 e. The second kappa shape index (κ2) is 34.4. The van der Waals surface area contributed by atoms with Crippen LogP contribution in [0.4, 0.5) is 4.79 Å². The normalized spacial score (nSPS) is 16.2. The summed E-state index contributed by atoms with van der Waals surface area (Å²) in [4.78, 5) is 157. The Morgan fingerprint density at radius 3 is 1.32 bits per heavy atom. The topological polar surface area (TPSA) is 443 Å². The van der Waals surface area contributed by atoms with Crippen molar-refractivity contribution in [3.05, 3.63) is 0 Å². The molecule has 0 aromatic heterocycles. The van der Waals surface area contributed by atoms with Crippen molar-refractivity contribution in [1.82, 2.24) is 79.8 Å². The number of hydrogen-bond donors (Lipinski definition) is 17. The van der Waals surface area contributed by atoms with E-state index in [0.29, 0.717) is 31.2 Å². The van der Waals surface area contributed by atoms with E-state index in [2.05, 4.69) is 79.8 Å². The van der Waals surface area contributed by atoms with E-state index in [1.807, 2.05) is 11.8 Å². The van der Waals surface area contributed by atoms with Gasteiger partial charge in [-0.3, -0.25) is 57.5 Å². The Hall–Kier alpha value is -6.86. The number of amides is 14. The Morgan fingerprint density at radius 1 is 0.493 bits per heavy atom. The number of carbonyl (C=O) groups is 13. The number of aliphatic hydroxyl groups is 2. The molecular weight excluding hydrogens is 963 g/mol. The number of fused-ring (bicyclic) bond motifs is 1. The first kappa shape index (κ1) is 60.3. The average molecular weight is 1030 g/mol. The molecule has 17 N–H and O–H groups in total. The van der Waals surface area contributed by atoms with Crippen LogP contribution in [-0.2, 0) is 57.5 Å². The molecule has 5 atom stereocenters. The van der Waals surface area contributed by atoms with Gasteiger partial charge in [0.25, 0.3) is 0 Å². The highest BCUT2D eigenvalue weighted by Crippen LogP contribution is 2.33. The molecular formula is C40H67N15O15S. The Labute approximate surface area is 412 Å². The lowest BCUT2D eigenvalue weighted by Gasteiger charge is -2.17. The second-order valence-electron chi connectivity index (χ2n) is 15.9. The fourth-order valence-electron chi connectivity index (χ4n) is 6.38. The summed E-state index contributed by atoms with van der Waals surface area (Å²) >= 11 is 1.85. The van der Waals surface area contributed by atoms with Crippen LogP contribution in [0.1, 0.15) is 44.9 Å². The van der Waals surface area contributed by atoms with Gasteiger partial charge in [0.1, 0.15) is 12.1 Å². The molecule has 2 rings (SSSR count). The van der Waals surface area contributed by atoms with Gasteiger partial charge in [0, 0.05) is 30.5 Å². The maximum atomic E-state index is 12.4. The molecule has 31 heteroatoms. The van der Waals surface area contributed by atoms with Crippen LogP contribution in [0, 0.1) is 0 Å². The van der Waals surface area contributed by atoms with Crippen molar-refractivity contribution in [2.24, 2.45) is 0 Å². The van der Waals surface area contributed by atoms with Crippen LogP contribution >= 0.6 is 11.8 Å². The molecule has 30 nitrogen and oxygen atoms in total. The summed E-state index contributed by atoms with van der Waals surface area (Å²) in [7, 11) is 1.53. The van der Waals surface area contributed by atoms with Gasteiger partial charge < -0.3 is 90.0 Å². The first-order valence-corrected chi connectivity index (χ1v) is 23.8. The molecule has 0 saturated carbocycles. The van der Waals surface area contributed by atoms with Crippen LogP contribution in [0.5, 0.6) is 0 Å². The molecule has 0 aliphatic carbocycles. The monoisotopic (exact) mass is 1030 g/mol. The third-order valence-corrected chi connectivity index (χ3v) is 11.6. The summed E-state index contributed by atoms with van der Waals surface area (Å²) in [5.41, 5.74) is 0. The Balaban J connectivity index is 1.48. The quantitative estimate of drug-likeness (QED) is 0.0207. The number of carbonyl (C=O) groups excluding carboxylic acids is 13. The zero-order valence-corrected chi connectivity index (χ0v) is 40.2. The lowest BCUT2D eigenvalue weighted by Crippen LogP contribution is -2.54. The van der Waals surface area contributed by atoms with Crippen molar-refractivity contribution >= 4 is 88.7 Å². The molecule has 2 fully saturated rings. The largest absolute Gasteiger partial charge is 0.394 e. The number of unbranched alkanes of at least 4 members (excludes halogenated alkanes) is 3. The van der Waals surface area contributed by atoms with Crippen molar-refractivity contribution in [3.8, 4) is 0 Å². The van der Waals surface area contributed by atoms with Gasteiger partial charge in [0.15, 0.2) is 0 Å². The van der Waals surface area contributed by atoms with Crippen molar-refractivity contribution in [2.45, 2.75) is 74.4 Å². The Bertz CT molecular complexity index is 1880. The van der Waals surface area contributed by atoms with Gasteiger partial charge in [0.05, 0.1) is 84.2 Å². The van der Waals surface area contributed by atoms with Gasteiger partial charge in [-0.2, -0.15) is 11.8 Å². The van der Waals surface area contributed by atoms with Gasteiger partial charge in [-0.25, -0.2) is 4.79 Å². The molecule has 0 aromatic rings. The van der Waals surface area contributed by atoms with Crippen LogP contribution in [0.25, 0.3) is 0 Å². The van der Waals surface area contributed by atoms with E-state index in [4.69, 9.17) is 0 Å². The lowest BCUT2D eigenvalue weighted by molar-refractivity contribution is -0.132. The second-order valence-corrected chi connectivity index (χ2v) is 17.1. The van der Waals surface area contributed by atoms with Crippen molar-refractivity contribution < 1.29 is 72.5 Å². The lowest BCUT2D eigenvalue weighted by atomic mass is 10.0. The zero-order chi connectivity index (χ0) is 52.6. The van der Waals surface area contributed by atoms with Gasteiger partial charge in [-0.15, -0.1) is 0 Å². The molecule has 71 heavy (non-hydrogen) atoms. The molecule has 398 valence electrons. The summed E-state index contributed by atoms with van der Waals surface area (Å²) in [6.07, 6.45) is 5.15. The highest BCUT2D eigenvalue weighted by molar-refractivity contribution is 8.00. The summed E-state index contributed by atoms with van der Waals surface area (Å²) in [6, 6.07) is -2.84. The fraction of sp³-hybridized carbons (Fsp3) is 0.675. The van der Waals surface area contributed by atoms with Gasteiger partial charge in [-0.05, 0) is 39.2 Å². The van der Waals surface area contributed by atoms with Crippen molar-refractivity contribution in [1.29, 1.82) is 0 Å². The molecule has 2 aliphatic heterocycles. The summed E-state index contributed by atoms with van der Waals surface area (Å²) in [5, 5.41) is 55.3. The number of urea groups is 1. The van der Waals surface area contributed by atoms with Gasteiger partial charge >= 0.3 is 6.03 Å². The number of nitrogens with one attached hydrogen (secondary N) is 15. The molecule has 0 radical (unpaired) electrons. The molecule has 14 amide bonds. The van der Waals surface area contributed by atoms with Crippen LogP contribution in [-0.4, -0.2) is 215 Å². The van der Waals surface area contributed by atoms with E-state index in [1.54, 1.807) is 0 Å². The predicted molar refractivity (Wildman–Crippen MR) is 250 cm³/mol. The van der Waals surface area contributed by atoms with Crippen molar-refractivity contribution in [2.75, 3.05) is 98.0 Å². The SMILES string of the molecule is CNCC(=O)NCC(=O)NCC(=O)NC(CO)C(=O)NCC(=O)NCC(=O)NCC(=O)NC(CO)C(=O)NCC(=O)NCC(=O)NCC(=O)NCCCCCNC(=O)CCCC[C@@H]1SC[C@@H]2NC(=O)NC21. The van der Waals surface area contributed by atoms with Crippen LogP contribution in [0.2, 0.25) is 0 Å². The predicted octanol–water partition coefficient (Wildman–Crippen LogP) is -9.78. The number of likely N-dealkylation sites (N-methyl/N-ethyl adjacent to an activating group) is 1.